The second-order valence-corrected chi connectivity index (χ2v) is 12.9. The zero-order valence-corrected chi connectivity index (χ0v) is 26.8. The summed E-state index contributed by atoms with van der Waals surface area (Å²) in [6.07, 6.45) is 0.737. The van der Waals surface area contributed by atoms with Crippen LogP contribution in [0.1, 0.15) is 43.9 Å². The van der Waals surface area contributed by atoms with E-state index in [9.17, 15) is 18.0 Å². The van der Waals surface area contributed by atoms with Crippen molar-refractivity contribution in [3.8, 4) is 5.75 Å². The van der Waals surface area contributed by atoms with Gasteiger partial charge in [-0.05, 0) is 85.9 Å². The molecule has 220 valence electrons. The molecular formula is C31H38BrN3O5S. The number of methoxy groups -OCH3 is 1. The molecular weight excluding hydrogens is 606 g/mol. The van der Waals surface area contributed by atoms with Crippen LogP contribution in [0.3, 0.4) is 0 Å². The van der Waals surface area contributed by atoms with Crippen LogP contribution < -0.4 is 14.4 Å². The number of sulfonamides is 1. The molecule has 2 atom stereocenters. The van der Waals surface area contributed by atoms with Gasteiger partial charge in [-0.25, -0.2) is 8.42 Å². The van der Waals surface area contributed by atoms with Crippen LogP contribution >= 0.6 is 15.9 Å². The number of halogens is 1. The first-order valence-electron chi connectivity index (χ1n) is 13.5. The van der Waals surface area contributed by atoms with Crippen molar-refractivity contribution in [3.05, 3.63) is 87.9 Å². The Morgan fingerprint density at radius 1 is 0.976 bits per heavy atom. The van der Waals surface area contributed by atoms with Crippen LogP contribution in [0.5, 0.6) is 5.75 Å². The van der Waals surface area contributed by atoms with Crippen LogP contribution in [0.4, 0.5) is 5.69 Å². The number of rotatable bonds is 12. The Morgan fingerprint density at radius 2 is 1.66 bits per heavy atom. The third-order valence-corrected chi connectivity index (χ3v) is 9.31. The van der Waals surface area contributed by atoms with E-state index in [1.807, 2.05) is 52.0 Å². The number of anilines is 1. The average molecular weight is 645 g/mol. The van der Waals surface area contributed by atoms with Crippen molar-refractivity contribution in [3.63, 3.8) is 0 Å². The van der Waals surface area contributed by atoms with Gasteiger partial charge in [0.2, 0.25) is 11.8 Å². The fraction of sp³-hybridized carbons (Fsp3) is 0.355. The van der Waals surface area contributed by atoms with Gasteiger partial charge in [0.15, 0.2) is 0 Å². The van der Waals surface area contributed by atoms with Crippen LogP contribution in [0.2, 0.25) is 0 Å². The summed E-state index contributed by atoms with van der Waals surface area (Å²) in [5.74, 6) is -0.327. The number of nitrogens with one attached hydrogen (secondary N) is 1. The molecule has 0 aliphatic carbocycles. The standard InChI is InChI=1S/C31H38BrN3O5S/c1-7-23(4)33-31(37)24(5)34(19-25-10-8-9-22(3)17-25)30(36)20-35(26-13-11-21(2)12-14-26)41(38,39)27-15-16-29(40-6)28(32)18-27/h8-18,23-24H,7,19-20H2,1-6H3,(H,33,37)/t23-,24+/m1/s1. The van der Waals surface area contributed by atoms with Gasteiger partial charge < -0.3 is 15.0 Å². The summed E-state index contributed by atoms with van der Waals surface area (Å²) in [6, 6.07) is 18.1. The first-order chi connectivity index (χ1) is 19.4. The van der Waals surface area contributed by atoms with E-state index in [1.165, 1.54) is 24.1 Å². The second kappa shape index (κ2) is 14.0. The molecule has 0 bridgehead atoms. The van der Waals surface area contributed by atoms with Gasteiger partial charge in [-0.2, -0.15) is 0 Å². The fourth-order valence-corrected chi connectivity index (χ4v) is 6.36. The van der Waals surface area contributed by atoms with Gasteiger partial charge in [0.05, 0.1) is 22.2 Å². The largest absolute Gasteiger partial charge is 0.496 e. The van der Waals surface area contributed by atoms with E-state index in [-0.39, 0.29) is 23.4 Å². The maximum Gasteiger partial charge on any atom is 0.264 e. The van der Waals surface area contributed by atoms with Crippen molar-refractivity contribution in [2.75, 3.05) is 18.0 Å². The Hall–Kier alpha value is -3.37. The van der Waals surface area contributed by atoms with Crippen molar-refractivity contribution < 1.29 is 22.7 Å². The second-order valence-electron chi connectivity index (χ2n) is 10.1. The molecule has 0 spiro atoms. The number of carbonyl (C=O) groups is 2. The molecule has 3 aromatic rings. The van der Waals surface area contributed by atoms with Crippen molar-refractivity contribution in [2.24, 2.45) is 0 Å². The monoisotopic (exact) mass is 643 g/mol. The number of amides is 2. The van der Waals surface area contributed by atoms with E-state index < -0.39 is 28.5 Å². The van der Waals surface area contributed by atoms with E-state index in [1.54, 1.807) is 37.3 Å². The molecule has 0 unspecified atom stereocenters. The zero-order valence-electron chi connectivity index (χ0n) is 24.3. The van der Waals surface area contributed by atoms with Gasteiger partial charge in [-0.1, -0.05) is 54.4 Å². The minimum atomic E-state index is -4.19. The highest BCUT2D eigenvalue weighted by Gasteiger charge is 2.33. The van der Waals surface area contributed by atoms with Crippen LogP contribution in [-0.4, -0.2) is 50.9 Å². The quantitative estimate of drug-likeness (QED) is 0.277. The average Bonchev–Trinajstić information content (AvgIpc) is 2.94. The minimum Gasteiger partial charge on any atom is -0.496 e. The Balaban J connectivity index is 2.05. The first-order valence-corrected chi connectivity index (χ1v) is 15.7. The van der Waals surface area contributed by atoms with Crippen molar-refractivity contribution in [1.82, 2.24) is 10.2 Å². The van der Waals surface area contributed by atoms with Gasteiger partial charge in [0.1, 0.15) is 18.3 Å². The summed E-state index contributed by atoms with van der Waals surface area (Å²) in [5.41, 5.74) is 3.13. The van der Waals surface area contributed by atoms with Gasteiger partial charge in [0, 0.05) is 12.6 Å². The first kappa shape index (κ1) is 32.1. The lowest BCUT2D eigenvalue weighted by molar-refractivity contribution is -0.139. The van der Waals surface area contributed by atoms with Gasteiger partial charge >= 0.3 is 0 Å². The van der Waals surface area contributed by atoms with E-state index in [4.69, 9.17) is 4.74 Å². The minimum absolute atomic E-state index is 0.00801. The smallest absolute Gasteiger partial charge is 0.264 e. The molecule has 41 heavy (non-hydrogen) atoms. The molecule has 3 rings (SSSR count). The van der Waals surface area contributed by atoms with Crippen molar-refractivity contribution in [2.45, 2.75) is 64.6 Å². The molecule has 2 amide bonds. The number of benzene rings is 3. The fourth-order valence-electron chi connectivity index (χ4n) is 4.23. The number of carbonyl (C=O) groups excluding carboxylic acids is 2. The molecule has 3 aromatic carbocycles. The highest BCUT2D eigenvalue weighted by molar-refractivity contribution is 9.10. The van der Waals surface area contributed by atoms with Crippen LogP contribution in [-0.2, 0) is 26.2 Å². The number of aryl methyl sites for hydroxylation is 2. The Kier molecular flexibility index (Phi) is 11.0. The molecule has 0 aromatic heterocycles. The lowest BCUT2D eigenvalue weighted by Crippen LogP contribution is -2.52. The predicted octanol–water partition coefficient (Wildman–Crippen LogP) is 5.60. The number of nitrogens with zero attached hydrogens (tertiary/aromatic N) is 2. The molecule has 0 radical (unpaired) electrons. The number of hydrogen-bond donors (Lipinski definition) is 1. The highest BCUT2D eigenvalue weighted by Crippen LogP contribution is 2.31. The van der Waals surface area contributed by atoms with E-state index in [0.717, 1.165) is 27.4 Å². The lowest BCUT2D eigenvalue weighted by atomic mass is 10.1. The van der Waals surface area contributed by atoms with Crippen molar-refractivity contribution >= 4 is 43.5 Å². The summed E-state index contributed by atoms with van der Waals surface area (Å²) in [7, 11) is -2.70. The Bertz CT molecular complexity index is 1480. The maximum atomic E-state index is 14.0. The van der Waals surface area contributed by atoms with Gasteiger partial charge in [-0.3, -0.25) is 13.9 Å². The molecule has 0 heterocycles. The van der Waals surface area contributed by atoms with Crippen LogP contribution in [0, 0.1) is 13.8 Å². The van der Waals surface area contributed by atoms with E-state index in [0.29, 0.717) is 15.9 Å². The summed E-state index contributed by atoms with van der Waals surface area (Å²) in [6.45, 7) is 9.02. The molecule has 0 aliphatic heterocycles. The van der Waals surface area contributed by atoms with Crippen LogP contribution in [0.15, 0.2) is 76.1 Å². The van der Waals surface area contributed by atoms with Crippen molar-refractivity contribution in [1.29, 1.82) is 0 Å². The normalized spacial score (nSPS) is 12.8. The molecule has 0 saturated carbocycles. The molecule has 8 nitrogen and oxygen atoms in total. The molecule has 0 saturated heterocycles. The van der Waals surface area contributed by atoms with Gasteiger partial charge in [-0.15, -0.1) is 0 Å². The Labute approximate surface area is 251 Å². The Morgan fingerprint density at radius 3 is 2.24 bits per heavy atom. The zero-order chi connectivity index (χ0) is 30.3. The molecule has 10 heteroatoms. The molecule has 0 aliphatic rings. The highest BCUT2D eigenvalue weighted by atomic mass is 79.9. The molecule has 0 fully saturated rings. The van der Waals surface area contributed by atoms with E-state index in [2.05, 4.69) is 21.2 Å². The lowest BCUT2D eigenvalue weighted by Gasteiger charge is -2.32. The third kappa shape index (κ3) is 8.10. The summed E-state index contributed by atoms with van der Waals surface area (Å²) >= 11 is 3.36. The maximum absolute atomic E-state index is 14.0. The topological polar surface area (TPSA) is 96.0 Å². The summed E-state index contributed by atoms with van der Waals surface area (Å²) < 4.78 is 34.9. The molecule has 1 N–H and O–H groups in total. The van der Waals surface area contributed by atoms with E-state index >= 15 is 0 Å². The number of hydrogen-bond acceptors (Lipinski definition) is 5. The third-order valence-electron chi connectivity index (χ3n) is 6.92. The van der Waals surface area contributed by atoms with Crippen LogP contribution in [0.25, 0.3) is 0 Å². The number of ether oxygens (including phenoxy) is 1. The van der Waals surface area contributed by atoms with Gasteiger partial charge in [0.25, 0.3) is 10.0 Å². The summed E-state index contributed by atoms with van der Waals surface area (Å²) in [5, 5.41) is 2.94. The SMILES string of the molecule is CC[C@@H](C)NC(=O)[C@H](C)N(Cc1cccc(C)c1)C(=O)CN(c1ccc(C)cc1)S(=O)(=O)c1ccc(OC)c(Br)c1. The summed E-state index contributed by atoms with van der Waals surface area (Å²) in [4.78, 5) is 28.6. The predicted molar refractivity (Wildman–Crippen MR) is 165 cm³/mol.